The van der Waals surface area contributed by atoms with E-state index in [9.17, 15) is 13.2 Å². The topological polar surface area (TPSA) is 88.5 Å². The van der Waals surface area contributed by atoms with Gasteiger partial charge in [-0.05, 0) is 42.0 Å². The molecule has 4 rings (SSSR count). The fourth-order valence-corrected chi connectivity index (χ4v) is 5.46. The third-order valence-corrected chi connectivity index (χ3v) is 7.32. The predicted octanol–water partition coefficient (Wildman–Crippen LogP) is 2.32. The molecule has 0 radical (unpaired) electrons. The molecule has 2 aromatic carbocycles. The summed E-state index contributed by atoms with van der Waals surface area (Å²) in [6, 6.07) is 11.9. The number of nitrogens with zero attached hydrogens (tertiary/aromatic N) is 2. The molecule has 6 nitrogen and oxygen atoms in total. The first kappa shape index (κ1) is 20.5. The molecule has 1 aliphatic rings. The highest BCUT2D eigenvalue weighted by molar-refractivity contribution is 7.91. The molecule has 1 N–H and O–H groups in total. The zero-order valence-electron chi connectivity index (χ0n) is 15.4. The Morgan fingerprint density at radius 1 is 1.03 bits per heavy atom. The maximum atomic E-state index is 12.9. The number of pyridine rings is 1. The molecule has 1 aliphatic heterocycles. The number of hydrogen-bond donors (Lipinski definition) is 1. The minimum absolute atomic E-state index is 0.0617. The number of halogens is 2. The second-order valence-electron chi connectivity index (χ2n) is 6.59. The molecular formula is C21H15Cl2N3O3S. The quantitative estimate of drug-likeness (QED) is 0.633. The van der Waals surface area contributed by atoms with E-state index in [0.717, 1.165) is 16.1 Å². The van der Waals surface area contributed by atoms with Gasteiger partial charge in [-0.2, -0.15) is 0 Å². The summed E-state index contributed by atoms with van der Waals surface area (Å²) < 4.78 is 25.7. The van der Waals surface area contributed by atoms with Gasteiger partial charge in [-0.25, -0.2) is 8.42 Å². The first-order valence-electron chi connectivity index (χ1n) is 8.92. The molecular weight excluding hydrogens is 445 g/mol. The van der Waals surface area contributed by atoms with Gasteiger partial charge in [-0.3, -0.25) is 14.8 Å². The van der Waals surface area contributed by atoms with Crippen LogP contribution in [0.1, 0.15) is 5.56 Å². The van der Waals surface area contributed by atoms with Crippen molar-refractivity contribution in [1.29, 1.82) is 0 Å². The van der Waals surface area contributed by atoms with E-state index in [1.165, 1.54) is 24.3 Å². The number of aromatic nitrogens is 1. The van der Waals surface area contributed by atoms with Gasteiger partial charge in [0.15, 0.2) is 0 Å². The fourth-order valence-electron chi connectivity index (χ4n) is 3.07. The van der Waals surface area contributed by atoms with E-state index in [2.05, 4.69) is 15.3 Å². The van der Waals surface area contributed by atoms with Crippen LogP contribution in [0.4, 0.5) is 0 Å². The maximum absolute atomic E-state index is 12.9. The van der Waals surface area contributed by atoms with Crippen molar-refractivity contribution >= 4 is 45.0 Å². The van der Waals surface area contributed by atoms with E-state index in [1.54, 1.807) is 42.7 Å². The van der Waals surface area contributed by atoms with Crippen LogP contribution in [0.2, 0.25) is 10.0 Å². The van der Waals surface area contributed by atoms with Crippen LogP contribution in [0.25, 0.3) is 6.08 Å². The van der Waals surface area contributed by atoms with Gasteiger partial charge in [-0.1, -0.05) is 41.4 Å². The lowest BCUT2D eigenvalue weighted by Gasteiger charge is -2.10. The Morgan fingerprint density at radius 3 is 2.40 bits per heavy atom. The number of sulfone groups is 1. The summed E-state index contributed by atoms with van der Waals surface area (Å²) in [4.78, 5) is 20.7. The lowest BCUT2D eigenvalue weighted by Crippen LogP contribution is -2.31. The van der Waals surface area contributed by atoms with E-state index < -0.39 is 15.9 Å². The first-order chi connectivity index (χ1) is 14.4. The third-order valence-electron chi connectivity index (χ3n) is 4.60. The van der Waals surface area contributed by atoms with Crippen LogP contribution in [0, 0.1) is 0 Å². The predicted molar refractivity (Wildman–Crippen MR) is 113 cm³/mol. The summed E-state index contributed by atoms with van der Waals surface area (Å²) in [5.41, 5.74) is 0.740. The highest BCUT2D eigenvalue weighted by Gasteiger charge is 2.24. The third kappa shape index (κ3) is 3.96. The minimum atomic E-state index is -3.87. The monoisotopic (exact) mass is 459 g/mol. The van der Waals surface area contributed by atoms with Crippen LogP contribution in [0.15, 0.2) is 75.7 Å². The van der Waals surface area contributed by atoms with Gasteiger partial charge in [0, 0.05) is 24.2 Å². The average Bonchev–Trinajstić information content (AvgIpc) is 3.16. The molecule has 30 heavy (non-hydrogen) atoms. The molecule has 0 saturated carbocycles. The van der Waals surface area contributed by atoms with Gasteiger partial charge in [0.2, 0.25) is 15.7 Å². The van der Waals surface area contributed by atoms with Crippen LogP contribution >= 0.6 is 23.2 Å². The molecule has 1 amide bonds. The van der Waals surface area contributed by atoms with Gasteiger partial charge in [-0.15, -0.1) is 0 Å². The first-order valence-corrected chi connectivity index (χ1v) is 11.2. The Hall–Kier alpha value is -2.74. The van der Waals surface area contributed by atoms with E-state index in [-0.39, 0.29) is 32.3 Å². The van der Waals surface area contributed by atoms with Crippen molar-refractivity contribution in [3.8, 4) is 0 Å². The Kier molecular flexibility index (Phi) is 5.60. The average molecular weight is 460 g/mol. The summed E-state index contributed by atoms with van der Waals surface area (Å²) in [5.74, 6) is -0.245. The highest BCUT2D eigenvalue weighted by atomic mass is 35.5. The molecule has 1 aromatic heterocycles. The van der Waals surface area contributed by atoms with Gasteiger partial charge in [0.25, 0.3) is 0 Å². The second kappa shape index (κ2) is 8.18. The minimum Gasteiger partial charge on any atom is -0.350 e. The number of hydrogen-bond acceptors (Lipinski definition) is 5. The summed E-state index contributed by atoms with van der Waals surface area (Å²) in [6.07, 6.45) is 5.04. The van der Waals surface area contributed by atoms with Crippen molar-refractivity contribution in [1.82, 2.24) is 10.3 Å². The molecule has 152 valence electrons. The number of fused-ring (bicyclic) bond motifs is 1. The van der Waals surface area contributed by atoms with E-state index in [0.29, 0.717) is 0 Å². The molecule has 0 saturated heterocycles. The maximum Gasteiger partial charge on any atom is 0.249 e. The van der Waals surface area contributed by atoms with Gasteiger partial charge < -0.3 is 5.32 Å². The zero-order chi connectivity index (χ0) is 21.3. The SMILES string of the molecule is O=C(NCc1ccc(S(=O)(=O)c2c(Cl)cccc2Cl)cc1)C1C=c2cnccc2=N1. The number of amides is 1. The van der Waals surface area contributed by atoms with E-state index in [1.807, 2.05) is 0 Å². The Balaban J connectivity index is 1.47. The van der Waals surface area contributed by atoms with Crippen LogP contribution in [-0.4, -0.2) is 25.4 Å². The van der Waals surface area contributed by atoms with Crippen molar-refractivity contribution in [3.05, 3.63) is 87.1 Å². The van der Waals surface area contributed by atoms with E-state index in [4.69, 9.17) is 23.2 Å². The summed E-state index contributed by atoms with van der Waals surface area (Å²) in [5, 5.41) is 4.49. The molecule has 3 aromatic rings. The van der Waals surface area contributed by atoms with Crippen LogP contribution < -0.4 is 15.9 Å². The summed E-state index contributed by atoms with van der Waals surface area (Å²) in [7, 11) is -3.87. The van der Waals surface area contributed by atoms with Crippen molar-refractivity contribution in [2.75, 3.05) is 0 Å². The number of nitrogens with one attached hydrogen (secondary N) is 1. The van der Waals surface area contributed by atoms with Gasteiger partial charge in [0.1, 0.15) is 10.9 Å². The lowest BCUT2D eigenvalue weighted by molar-refractivity contribution is -0.121. The summed E-state index contributed by atoms with van der Waals surface area (Å²) >= 11 is 12.1. The second-order valence-corrected chi connectivity index (χ2v) is 9.29. The number of carbonyl (C=O) groups excluding carboxylic acids is 1. The van der Waals surface area contributed by atoms with Crippen molar-refractivity contribution < 1.29 is 13.2 Å². The number of benzene rings is 2. The highest BCUT2D eigenvalue weighted by Crippen LogP contribution is 2.33. The largest absolute Gasteiger partial charge is 0.350 e. The molecule has 2 heterocycles. The number of rotatable bonds is 5. The molecule has 0 fully saturated rings. The van der Waals surface area contributed by atoms with Crippen molar-refractivity contribution in [3.63, 3.8) is 0 Å². The van der Waals surface area contributed by atoms with Crippen molar-refractivity contribution in [2.45, 2.75) is 22.4 Å². The molecule has 1 unspecified atom stereocenters. The van der Waals surface area contributed by atoms with Crippen LogP contribution in [0.3, 0.4) is 0 Å². The Bertz CT molecular complexity index is 1300. The molecule has 9 heteroatoms. The molecule has 0 bridgehead atoms. The van der Waals surface area contributed by atoms with Crippen LogP contribution in [0.5, 0.6) is 0 Å². The van der Waals surface area contributed by atoms with Gasteiger partial charge in [0.05, 0.1) is 20.3 Å². The van der Waals surface area contributed by atoms with Gasteiger partial charge >= 0.3 is 0 Å². The van der Waals surface area contributed by atoms with E-state index >= 15 is 0 Å². The van der Waals surface area contributed by atoms with Crippen LogP contribution in [-0.2, 0) is 21.2 Å². The molecule has 1 atom stereocenters. The normalized spacial score (nSPS) is 15.1. The Labute approximate surface area is 182 Å². The smallest absolute Gasteiger partial charge is 0.249 e. The molecule has 0 aliphatic carbocycles. The summed E-state index contributed by atoms with van der Waals surface area (Å²) in [6.45, 7) is 0.237. The zero-order valence-corrected chi connectivity index (χ0v) is 17.7. The Morgan fingerprint density at radius 2 is 1.73 bits per heavy atom. The molecule has 0 spiro atoms. The lowest BCUT2D eigenvalue weighted by atomic mass is 10.2. The van der Waals surface area contributed by atoms with Crippen molar-refractivity contribution in [2.24, 2.45) is 4.99 Å². The fraction of sp³-hybridized carbons (Fsp3) is 0.0952. The standard InChI is InChI=1S/C21H15Cl2N3O3S/c22-16-2-1-3-17(23)20(16)30(28,29)15-6-4-13(5-7-15)11-25-21(27)19-10-14-12-24-9-8-18(14)26-19/h1-10,12,19H,11H2,(H,25,27). The number of carbonyl (C=O) groups is 1.